The molecule has 0 aromatic heterocycles. The van der Waals surface area contributed by atoms with Crippen molar-refractivity contribution in [2.24, 2.45) is 0 Å². The summed E-state index contributed by atoms with van der Waals surface area (Å²) >= 11 is 0. The van der Waals surface area contributed by atoms with E-state index in [-0.39, 0.29) is 6.10 Å². The number of rotatable bonds is 14. The monoisotopic (exact) mass is 372 g/mol. The van der Waals surface area contributed by atoms with E-state index in [1.165, 1.54) is 38.2 Å². The number of carbonyl (C=O) groups is 1. The van der Waals surface area contributed by atoms with Gasteiger partial charge in [-0.05, 0) is 26.2 Å². The Hall–Kier alpha value is -0.950. The predicted molar refractivity (Wildman–Crippen MR) is 99.9 cm³/mol. The highest BCUT2D eigenvalue weighted by molar-refractivity contribution is 5.79. The smallest absolute Gasteiger partial charge is 0.327 e. The molecule has 1 aliphatic rings. The number of hydrogen-bond acceptors (Lipinski definition) is 5. The third-order valence-corrected chi connectivity index (χ3v) is 4.75. The van der Waals surface area contributed by atoms with Crippen molar-refractivity contribution in [3.63, 3.8) is 0 Å². The van der Waals surface area contributed by atoms with Crippen molar-refractivity contribution in [3.05, 3.63) is 12.2 Å². The molecule has 1 aliphatic heterocycles. The Morgan fingerprint density at radius 3 is 2.19 bits per heavy atom. The van der Waals surface area contributed by atoms with Crippen molar-refractivity contribution in [2.45, 2.75) is 102 Å². The number of unbranched alkanes of at least 4 members (excludes halogenated alkanes) is 9. The van der Waals surface area contributed by atoms with E-state index in [2.05, 4.69) is 0 Å². The molecule has 3 N–H and O–H groups in total. The van der Waals surface area contributed by atoms with Gasteiger partial charge in [0.25, 0.3) is 0 Å². The van der Waals surface area contributed by atoms with Crippen molar-refractivity contribution in [1.29, 1.82) is 0 Å². The van der Waals surface area contributed by atoms with Crippen LogP contribution in [0.5, 0.6) is 0 Å². The van der Waals surface area contributed by atoms with Crippen LogP contribution in [-0.4, -0.2) is 52.5 Å². The summed E-state index contributed by atoms with van der Waals surface area (Å²) in [5.74, 6) is -0.869. The second-order valence-corrected chi connectivity index (χ2v) is 7.16. The molecule has 0 aliphatic carbocycles. The number of aliphatic hydroxyl groups excluding tert-OH is 2. The van der Waals surface area contributed by atoms with E-state index in [0.717, 1.165) is 32.1 Å². The summed E-state index contributed by atoms with van der Waals surface area (Å²) in [4.78, 5) is 10.3. The topological polar surface area (TPSA) is 96.2 Å². The van der Waals surface area contributed by atoms with E-state index < -0.39 is 24.5 Å². The molecule has 0 radical (unpaired) electrons. The lowest BCUT2D eigenvalue weighted by atomic mass is 10.0. The zero-order valence-corrected chi connectivity index (χ0v) is 16.0. The summed E-state index contributed by atoms with van der Waals surface area (Å²) in [6.07, 6.45) is 12.2. The minimum absolute atomic E-state index is 0.295. The van der Waals surface area contributed by atoms with Crippen LogP contribution in [0, 0.1) is 0 Å². The minimum atomic E-state index is -0.869. The van der Waals surface area contributed by atoms with Crippen molar-refractivity contribution < 1.29 is 29.6 Å². The van der Waals surface area contributed by atoms with Gasteiger partial charge in [0.05, 0.1) is 12.2 Å². The van der Waals surface area contributed by atoms with Gasteiger partial charge in [0.2, 0.25) is 0 Å². The first-order valence-electron chi connectivity index (χ1n) is 10.0. The van der Waals surface area contributed by atoms with Gasteiger partial charge in [-0.25, -0.2) is 4.79 Å². The Balaban J connectivity index is 1.84. The van der Waals surface area contributed by atoms with E-state index in [1.807, 2.05) is 0 Å². The number of carboxylic acid groups (broad SMARTS) is 1. The number of hydrogen-bond donors (Lipinski definition) is 3. The van der Waals surface area contributed by atoms with Crippen molar-refractivity contribution >= 4 is 5.97 Å². The molecule has 0 spiro atoms. The largest absolute Gasteiger partial charge is 0.478 e. The molecule has 4 atom stereocenters. The Morgan fingerprint density at radius 2 is 1.58 bits per heavy atom. The van der Waals surface area contributed by atoms with Crippen LogP contribution < -0.4 is 0 Å². The fourth-order valence-corrected chi connectivity index (χ4v) is 3.08. The molecule has 0 amide bonds. The van der Waals surface area contributed by atoms with Gasteiger partial charge in [0.1, 0.15) is 6.10 Å². The maximum absolute atomic E-state index is 10.3. The Bertz CT molecular complexity index is 398. The van der Waals surface area contributed by atoms with Gasteiger partial charge >= 0.3 is 5.97 Å². The first-order chi connectivity index (χ1) is 12.5. The summed E-state index contributed by atoms with van der Waals surface area (Å²) in [5, 5.41) is 27.9. The first-order valence-corrected chi connectivity index (χ1v) is 10.0. The van der Waals surface area contributed by atoms with E-state index in [1.54, 1.807) is 13.0 Å². The van der Waals surface area contributed by atoms with Crippen molar-refractivity contribution in [1.82, 2.24) is 0 Å². The second kappa shape index (κ2) is 14.2. The molecule has 1 rings (SSSR count). The van der Waals surface area contributed by atoms with Crippen LogP contribution >= 0.6 is 0 Å². The fourth-order valence-electron chi connectivity index (χ4n) is 3.08. The normalized spacial score (nSPS) is 26.4. The lowest BCUT2D eigenvalue weighted by Crippen LogP contribution is -2.47. The average molecular weight is 373 g/mol. The number of ether oxygens (including phenoxy) is 2. The molecule has 0 aromatic carbocycles. The summed E-state index contributed by atoms with van der Waals surface area (Å²) in [6.45, 7) is 2.37. The van der Waals surface area contributed by atoms with Crippen molar-refractivity contribution in [3.8, 4) is 0 Å². The molecule has 0 bridgehead atoms. The SMILES string of the molecule is CC1OC(OCCCCCCCCCCCC=CC(=O)O)C(O)CC1O. The quantitative estimate of drug-likeness (QED) is 0.319. The molecule has 1 fully saturated rings. The summed E-state index contributed by atoms with van der Waals surface area (Å²) in [5.41, 5.74) is 0. The Labute approximate surface area is 157 Å². The lowest BCUT2D eigenvalue weighted by Gasteiger charge is -2.35. The molecule has 1 heterocycles. The van der Waals surface area contributed by atoms with Crippen LogP contribution in [0.3, 0.4) is 0 Å². The molecular weight excluding hydrogens is 336 g/mol. The highest BCUT2D eigenvalue weighted by Crippen LogP contribution is 2.21. The summed E-state index contributed by atoms with van der Waals surface area (Å²) < 4.78 is 11.1. The number of allylic oxidation sites excluding steroid dienone is 1. The van der Waals surface area contributed by atoms with Crippen LogP contribution in [-0.2, 0) is 14.3 Å². The van der Waals surface area contributed by atoms with Gasteiger partial charge in [0, 0.05) is 19.1 Å². The minimum Gasteiger partial charge on any atom is -0.478 e. The summed E-state index contributed by atoms with van der Waals surface area (Å²) in [6, 6.07) is 0. The molecule has 26 heavy (non-hydrogen) atoms. The van der Waals surface area contributed by atoms with E-state index in [0.29, 0.717) is 13.0 Å². The average Bonchev–Trinajstić information content (AvgIpc) is 2.59. The standard InChI is InChI=1S/C20H36O6/c1-16-17(21)15-18(22)20(26-16)25-14-12-10-8-6-4-2-3-5-7-9-11-13-19(23)24/h11,13,16-18,20-22H,2-10,12,14-15H2,1H3,(H,23,24). The highest BCUT2D eigenvalue weighted by atomic mass is 16.7. The van der Waals surface area contributed by atoms with Gasteiger partial charge in [-0.1, -0.05) is 51.0 Å². The maximum Gasteiger partial charge on any atom is 0.327 e. The van der Waals surface area contributed by atoms with Gasteiger partial charge in [-0.3, -0.25) is 0 Å². The number of aliphatic carboxylic acids is 1. The van der Waals surface area contributed by atoms with Crippen LogP contribution in [0.1, 0.15) is 77.6 Å². The molecule has 4 unspecified atom stereocenters. The van der Waals surface area contributed by atoms with E-state index in [9.17, 15) is 15.0 Å². The molecule has 152 valence electrons. The lowest BCUT2D eigenvalue weighted by molar-refractivity contribution is -0.261. The van der Waals surface area contributed by atoms with Gasteiger partial charge < -0.3 is 24.8 Å². The first kappa shape index (κ1) is 23.1. The Morgan fingerprint density at radius 1 is 1.00 bits per heavy atom. The van der Waals surface area contributed by atoms with Crippen LogP contribution in [0.25, 0.3) is 0 Å². The molecule has 6 nitrogen and oxygen atoms in total. The highest BCUT2D eigenvalue weighted by Gasteiger charge is 2.34. The number of aliphatic hydroxyl groups is 2. The maximum atomic E-state index is 10.3. The zero-order chi connectivity index (χ0) is 19.2. The van der Waals surface area contributed by atoms with Crippen LogP contribution in [0.2, 0.25) is 0 Å². The molecule has 0 saturated carbocycles. The fraction of sp³-hybridized carbons (Fsp3) is 0.850. The second-order valence-electron chi connectivity index (χ2n) is 7.16. The molecule has 0 aromatic rings. The summed E-state index contributed by atoms with van der Waals surface area (Å²) in [7, 11) is 0. The van der Waals surface area contributed by atoms with E-state index >= 15 is 0 Å². The number of carboxylic acids is 1. The van der Waals surface area contributed by atoms with E-state index in [4.69, 9.17) is 14.6 Å². The van der Waals surface area contributed by atoms with Crippen LogP contribution in [0.4, 0.5) is 0 Å². The molecule has 1 saturated heterocycles. The van der Waals surface area contributed by atoms with Gasteiger partial charge in [0.15, 0.2) is 6.29 Å². The van der Waals surface area contributed by atoms with Crippen molar-refractivity contribution in [2.75, 3.05) is 6.61 Å². The third-order valence-electron chi connectivity index (χ3n) is 4.75. The third kappa shape index (κ3) is 10.9. The Kier molecular flexibility index (Phi) is 12.6. The molecule has 6 heteroatoms. The van der Waals surface area contributed by atoms with Crippen LogP contribution in [0.15, 0.2) is 12.2 Å². The zero-order valence-electron chi connectivity index (χ0n) is 16.0. The predicted octanol–water partition coefficient (Wildman–Crippen LogP) is 3.40. The molecular formula is C20H36O6. The van der Waals surface area contributed by atoms with Gasteiger partial charge in [-0.15, -0.1) is 0 Å². The van der Waals surface area contributed by atoms with Gasteiger partial charge in [-0.2, -0.15) is 0 Å².